The van der Waals surface area contributed by atoms with Crippen molar-refractivity contribution in [2.45, 2.75) is 13.8 Å². The second-order valence-corrected chi connectivity index (χ2v) is 3.89. The van der Waals surface area contributed by atoms with Crippen LogP contribution in [0.1, 0.15) is 13.8 Å². The van der Waals surface area contributed by atoms with Gasteiger partial charge >= 0.3 is 6.01 Å². The first-order valence-corrected chi connectivity index (χ1v) is 5.75. The predicted octanol–water partition coefficient (Wildman–Crippen LogP) is 0.908. The molecule has 0 spiro atoms. The first kappa shape index (κ1) is 14.0. The van der Waals surface area contributed by atoms with Crippen molar-refractivity contribution in [1.82, 2.24) is 15.0 Å². The van der Waals surface area contributed by atoms with Crippen LogP contribution in [-0.4, -0.2) is 42.2 Å². The summed E-state index contributed by atoms with van der Waals surface area (Å²) < 4.78 is 5.03. The van der Waals surface area contributed by atoms with Crippen LogP contribution in [0.3, 0.4) is 0 Å². The molecule has 0 bridgehead atoms. The largest absolute Gasteiger partial charge is 0.467 e. The molecule has 1 aromatic rings. The molecule has 1 heterocycles. The van der Waals surface area contributed by atoms with Crippen LogP contribution in [0.5, 0.6) is 6.01 Å². The van der Waals surface area contributed by atoms with Crippen LogP contribution in [0, 0.1) is 17.2 Å². The summed E-state index contributed by atoms with van der Waals surface area (Å²) in [5.41, 5.74) is 0. The Kier molecular flexibility index (Phi) is 5.11. The highest BCUT2D eigenvalue weighted by atomic mass is 16.5. The zero-order valence-electron chi connectivity index (χ0n) is 11.1. The van der Waals surface area contributed by atoms with Gasteiger partial charge in [-0.05, 0) is 13.8 Å². The summed E-state index contributed by atoms with van der Waals surface area (Å²) in [7, 11) is 3.34. The van der Waals surface area contributed by atoms with Crippen molar-refractivity contribution < 1.29 is 4.74 Å². The maximum atomic E-state index is 8.80. The van der Waals surface area contributed by atoms with E-state index < -0.39 is 0 Å². The molecule has 0 radical (unpaired) electrons. The van der Waals surface area contributed by atoms with E-state index in [1.54, 1.807) is 4.90 Å². The normalized spacial score (nSPS) is 11.5. The smallest absolute Gasteiger partial charge is 0.322 e. The third kappa shape index (κ3) is 3.73. The number of aromatic nitrogens is 3. The zero-order valence-corrected chi connectivity index (χ0v) is 11.1. The minimum atomic E-state index is -0.0969. The van der Waals surface area contributed by atoms with Gasteiger partial charge < -0.3 is 15.0 Å². The van der Waals surface area contributed by atoms with E-state index in [-0.39, 0.29) is 11.9 Å². The maximum Gasteiger partial charge on any atom is 0.322 e. The molecular formula is C11H18N6O. The highest BCUT2D eigenvalue weighted by molar-refractivity contribution is 5.37. The van der Waals surface area contributed by atoms with Crippen LogP contribution in [0.4, 0.5) is 11.9 Å². The highest BCUT2D eigenvalue weighted by Gasteiger charge is 2.12. The van der Waals surface area contributed by atoms with Gasteiger partial charge in [0.1, 0.15) is 0 Å². The van der Waals surface area contributed by atoms with E-state index >= 15 is 0 Å². The lowest BCUT2D eigenvalue weighted by Crippen LogP contribution is -2.26. The van der Waals surface area contributed by atoms with Gasteiger partial charge in [-0.3, -0.25) is 0 Å². The summed E-state index contributed by atoms with van der Waals surface area (Å²) in [4.78, 5) is 14.3. The SMILES string of the molecule is CCNc1nc(OC)nc(N(C)CC(C)C#N)n1. The van der Waals surface area contributed by atoms with Crippen molar-refractivity contribution in [3.63, 3.8) is 0 Å². The van der Waals surface area contributed by atoms with Crippen LogP contribution in [-0.2, 0) is 0 Å². The van der Waals surface area contributed by atoms with Gasteiger partial charge in [-0.15, -0.1) is 0 Å². The maximum absolute atomic E-state index is 8.80. The molecule has 7 nitrogen and oxygen atoms in total. The van der Waals surface area contributed by atoms with E-state index in [0.29, 0.717) is 25.0 Å². The van der Waals surface area contributed by atoms with Crippen molar-refractivity contribution in [2.75, 3.05) is 37.5 Å². The van der Waals surface area contributed by atoms with E-state index in [2.05, 4.69) is 26.3 Å². The molecule has 0 aromatic carbocycles. The van der Waals surface area contributed by atoms with Crippen LogP contribution in [0.2, 0.25) is 0 Å². The molecule has 0 fully saturated rings. The predicted molar refractivity (Wildman–Crippen MR) is 68.6 cm³/mol. The molecule has 1 unspecified atom stereocenters. The van der Waals surface area contributed by atoms with Gasteiger partial charge in [-0.25, -0.2) is 0 Å². The molecule has 1 aromatic heterocycles. The van der Waals surface area contributed by atoms with Gasteiger partial charge in [0.25, 0.3) is 0 Å². The fourth-order valence-electron chi connectivity index (χ4n) is 1.38. The van der Waals surface area contributed by atoms with E-state index in [4.69, 9.17) is 10.00 Å². The van der Waals surface area contributed by atoms with E-state index in [9.17, 15) is 0 Å². The van der Waals surface area contributed by atoms with Crippen molar-refractivity contribution in [2.24, 2.45) is 5.92 Å². The van der Waals surface area contributed by atoms with Crippen molar-refractivity contribution in [3.05, 3.63) is 0 Å². The molecule has 0 saturated carbocycles. The summed E-state index contributed by atoms with van der Waals surface area (Å²) in [5, 5.41) is 11.8. The number of anilines is 2. The average molecular weight is 250 g/mol. The van der Waals surface area contributed by atoms with Crippen molar-refractivity contribution >= 4 is 11.9 Å². The molecule has 0 aliphatic carbocycles. The Bertz CT molecular complexity index is 430. The summed E-state index contributed by atoms with van der Waals surface area (Å²) in [6.07, 6.45) is 0. The molecule has 0 saturated heterocycles. The van der Waals surface area contributed by atoms with Gasteiger partial charge in [0, 0.05) is 20.1 Å². The second kappa shape index (κ2) is 6.59. The first-order valence-electron chi connectivity index (χ1n) is 5.75. The number of ether oxygens (including phenoxy) is 1. The van der Waals surface area contributed by atoms with Crippen LogP contribution in [0.25, 0.3) is 0 Å². The van der Waals surface area contributed by atoms with Gasteiger partial charge in [0.05, 0.1) is 19.1 Å². The summed E-state index contributed by atoms with van der Waals surface area (Å²) in [6, 6.07) is 2.43. The third-order valence-corrected chi connectivity index (χ3v) is 2.23. The number of nitriles is 1. The number of hydrogen-bond donors (Lipinski definition) is 1. The Balaban J connectivity index is 2.93. The molecule has 1 rings (SSSR count). The molecule has 1 N–H and O–H groups in total. The molecule has 7 heteroatoms. The van der Waals surface area contributed by atoms with Crippen molar-refractivity contribution in [1.29, 1.82) is 5.26 Å². The molecule has 0 aliphatic rings. The lowest BCUT2D eigenvalue weighted by Gasteiger charge is -2.18. The number of methoxy groups -OCH3 is 1. The fourth-order valence-corrected chi connectivity index (χ4v) is 1.38. The monoisotopic (exact) mass is 250 g/mol. The van der Waals surface area contributed by atoms with Gasteiger partial charge in [0.2, 0.25) is 11.9 Å². The Labute approximate surface area is 107 Å². The lowest BCUT2D eigenvalue weighted by molar-refractivity contribution is 0.378. The molecule has 18 heavy (non-hydrogen) atoms. The number of rotatable bonds is 6. The number of hydrogen-bond acceptors (Lipinski definition) is 7. The highest BCUT2D eigenvalue weighted by Crippen LogP contribution is 2.14. The standard InChI is InChI=1S/C11H18N6O/c1-5-13-9-14-10(16-11(15-9)18-4)17(3)7-8(2)6-12/h8H,5,7H2,1-4H3,(H,13,14,15,16). The van der Waals surface area contributed by atoms with Gasteiger partial charge in [-0.1, -0.05) is 0 Å². The summed E-state index contributed by atoms with van der Waals surface area (Å²) in [6.45, 7) is 5.07. The topological polar surface area (TPSA) is 87.0 Å². The second-order valence-electron chi connectivity index (χ2n) is 3.89. The van der Waals surface area contributed by atoms with Crippen molar-refractivity contribution in [3.8, 4) is 12.1 Å². The molecule has 1 atom stereocenters. The average Bonchev–Trinajstić information content (AvgIpc) is 2.38. The molecular weight excluding hydrogens is 232 g/mol. The van der Waals surface area contributed by atoms with E-state index in [1.807, 2.05) is 20.9 Å². The van der Waals surface area contributed by atoms with E-state index in [0.717, 1.165) is 0 Å². The number of nitrogens with zero attached hydrogens (tertiary/aromatic N) is 5. The number of nitrogens with one attached hydrogen (secondary N) is 1. The summed E-state index contributed by atoms with van der Waals surface area (Å²) in [5.74, 6) is 0.857. The third-order valence-electron chi connectivity index (χ3n) is 2.23. The van der Waals surface area contributed by atoms with Gasteiger partial charge in [-0.2, -0.15) is 20.2 Å². The van der Waals surface area contributed by atoms with Crippen LogP contribution < -0.4 is 15.0 Å². The molecule has 98 valence electrons. The Morgan fingerprint density at radius 2 is 2.17 bits per heavy atom. The van der Waals surface area contributed by atoms with Crippen LogP contribution in [0.15, 0.2) is 0 Å². The Morgan fingerprint density at radius 1 is 1.44 bits per heavy atom. The minimum absolute atomic E-state index is 0.0969. The Hall–Kier alpha value is -2.10. The molecule has 0 aliphatic heterocycles. The fraction of sp³-hybridized carbons (Fsp3) is 0.636. The first-order chi connectivity index (χ1) is 8.60. The quantitative estimate of drug-likeness (QED) is 0.802. The Morgan fingerprint density at radius 3 is 2.72 bits per heavy atom. The minimum Gasteiger partial charge on any atom is -0.467 e. The van der Waals surface area contributed by atoms with Crippen LogP contribution >= 0.6 is 0 Å². The molecule has 0 amide bonds. The zero-order chi connectivity index (χ0) is 13.5. The van der Waals surface area contributed by atoms with E-state index in [1.165, 1.54) is 7.11 Å². The van der Waals surface area contributed by atoms with Gasteiger partial charge in [0.15, 0.2) is 0 Å². The lowest BCUT2D eigenvalue weighted by atomic mass is 10.2. The summed E-state index contributed by atoms with van der Waals surface area (Å²) >= 11 is 0.